The number of carbonyl (C=O) groups excluding carboxylic acids is 1. The van der Waals surface area contributed by atoms with Crippen molar-refractivity contribution in [3.63, 3.8) is 0 Å². The highest BCUT2D eigenvalue weighted by molar-refractivity contribution is 7.95. The first-order valence-electron chi connectivity index (χ1n) is 14.9. The maximum Gasteiger partial charge on any atom is 0.232 e. The number of fused-ring (bicyclic) bond motifs is 1. The lowest BCUT2D eigenvalue weighted by Gasteiger charge is -2.37. The van der Waals surface area contributed by atoms with E-state index in [-0.39, 0.29) is 58.5 Å². The van der Waals surface area contributed by atoms with Gasteiger partial charge in [-0.25, -0.2) is 17.2 Å². The number of halogens is 2. The van der Waals surface area contributed by atoms with Gasteiger partial charge in [0.1, 0.15) is 41.5 Å². The Morgan fingerprint density at radius 2 is 1.78 bits per heavy atom. The minimum Gasteiger partial charge on any atom is -0.506 e. The summed E-state index contributed by atoms with van der Waals surface area (Å²) in [5.41, 5.74) is 2.10. The first-order valence-corrected chi connectivity index (χ1v) is 16.6. The Hall–Kier alpha value is -4.70. The number of hydrogen-bond donors (Lipinski definition) is 2. The maximum atomic E-state index is 16.3. The summed E-state index contributed by atoms with van der Waals surface area (Å²) >= 11 is 0. The molecule has 0 saturated carbocycles. The molecule has 238 valence electrons. The van der Waals surface area contributed by atoms with Crippen LogP contribution < -0.4 is 15.0 Å². The lowest BCUT2D eigenvalue weighted by molar-refractivity contribution is -0.118. The van der Waals surface area contributed by atoms with E-state index in [9.17, 15) is 22.7 Å². The van der Waals surface area contributed by atoms with Crippen LogP contribution in [0, 0.1) is 24.0 Å². The van der Waals surface area contributed by atoms with E-state index in [1.807, 2.05) is 45.0 Å². The van der Waals surface area contributed by atoms with E-state index in [0.29, 0.717) is 11.3 Å². The molecule has 2 N–H and O–H groups in total. The second kappa shape index (κ2) is 11.9. The van der Waals surface area contributed by atoms with Gasteiger partial charge >= 0.3 is 0 Å². The minimum atomic E-state index is -4.06. The van der Waals surface area contributed by atoms with Gasteiger partial charge in [-0.1, -0.05) is 56.3 Å². The van der Waals surface area contributed by atoms with Gasteiger partial charge in [0, 0.05) is 17.3 Å². The highest BCUT2D eigenvalue weighted by atomic mass is 32.2. The summed E-state index contributed by atoms with van der Waals surface area (Å²) < 4.78 is 64.1. The van der Waals surface area contributed by atoms with E-state index >= 15 is 4.39 Å². The molecule has 46 heavy (non-hydrogen) atoms. The van der Waals surface area contributed by atoms with Gasteiger partial charge in [-0.15, -0.1) is 0 Å². The zero-order valence-corrected chi connectivity index (χ0v) is 26.5. The second-order valence-corrected chi connectivity index (χ2v) is 14.6. The lowest BCUT2D eigenvalue weighted by atomic mass is 9.88. The number of allylic oxidation sites excluding steroid dienone is 1. The van der Waals surface area contributed by atoms with Crippen molar-refractivity contribution >= 4 is 27.1 Å². The molecule has 10 heteroatoms. The standard InChI is InChI=1S/C36H34F2N2O5S/c1-22-8-4-5-10-24(22)17-32(42)40-30-12-7-13-31(41)33(30)39-29-19-36(2,3)21-46(43,44)35(29)34(40)27-15-14-26(18-28(27)38)45-20-23-9-6-11-25(37)16-23/h4-16,18,34,39,41H,17,19-21H2,1-3H3. The number of ether oxygens (including phenoxy) is 1. The number of carbonyl (C=O) groups is 1. The molecular formula is C36H34F2N2O5S. The summed E-state index contributed by atoms with van der Waals surface area (Å²) in [5, 5.41) is 14.2. The van der Waals surface area contributed by atoms with Gasteiger partial charge in [0.15, 0.2) is 9.84 Å². The van der Waals surface area contributed by atoms with Crippen molar-refractivity contribution in [2.75, 3.05) is 16.0 Å². The Bertz CT molecular complexity index is 1990. The van der Waals surface area contributed by atoms with Crippen LogP contribution in [0.5, 0.6) is 11.5 Å². The fourth-order valence-electron chi connectivity index (χ4n) is 6.33. The molecule has 2 heterocycles. The largest absolute Gasteiger partial charge is 0.506 e. The molecule has 4 aromatic carbocycles. The topological polar surface area (TPSA) is 95.9 Å². The van der Waals surface area contributed by atoms with Gasteiger partial charge in [-0.05, 0) is 71.8 Å². The van der Waals surface area contributed by atoms with Crippen LogP contribution in [-0.4, -0.2) is 25.2 Å². The molecule has 4 aromatic rings. The van der Waals surface area contributed by atoms with Crippen molar-refractivity contribution in [3.05, 3.63) is 129 Å². The molecule has 0 fully saturated rings. The fourth-order valence-corrected chi connectivity index (χ4v) is 8.69. The molecule has 0 aliphatic carbocycles. The van der Waals surface area contributed by atoms with Crippen LogP contribution in [-0.2, 0) is 27.7 Å². The Labute approximate surface area is 267 Å². The number of nitrogens with zero attached hydrogens (tertiary/aromatic N) is 1. The normalized spacial score (nSPS) is 18.2. The van der Waals surface area contributed by atoms with Crippen molar-refractivity contribution in [2.45, 2.75) is 46.3 Å². The monoisotopic (exact) mass is 644 g/mol. The zero-order valence-electron chi connectivity index (χ0n) is 25.7. The highest BCUT2D eigenvalue weighted by Crippen LogP contribution is 2.51. The predicted molar refractivity (Wildman–Crippen MR) is 173 cm³/mol. The predicted octanol–water partition coefficient (Wildman–Crippen LogP) is 7.36. The first-order chi connectivity index (χ1) is 21.8. The number of phenols is 1. The van der Waals surface area contributed by atoms with Crippen molar-refractivity contribution in [2.24, 2.45) is 5.41 Å². The first kappa shape index (κ1) is 31.3. The number of anilines is 2. The van der Waals surface area contributed by atoms with Crippen LogP contribution in [0.4, 0.5) is 20.2 Å². The Balaban J connectivity index is 1.52. The van der Waals surface area contributed by atoms with Crippen LogP contribution in [0.3, 0.4) is 0 Å². The number of phenolic OH excluding ortho intramolecular Hbond substituents is 1. The molecule has 0 bridgehead atoms. The molecule has 6 rings (SSSR count). The van der Waals surface area contributed by atoms with Gasteiger partial charge in [0.2, 0.25) is 5.91 Å². The SMILES string of the molecule is Cc1ccccc1CC(=O)N1c2cccc(O)c2NC2=C(C1c1ccc(OCc3cccc(F)c3)cc1F)S(=O)(=O)CC(C)(C)C2. The number of sulfone groups is 1. The number of para-hydroxylation sites is 1. The van der Waals surface area contributed by atoms with Gasteiger partial charge in [0.25, 0.3) is 0 Å². The number of amides is 1. The minimum absolute atomic E-state index is 0.0175. The van der Waals surface area contributed by atoms with Crippen LogP contribution in [0.1, 0.15) is 48.6 Å². The number of rotatable bonds is 6. The summed E-state index contributed by atoms with van der Waals surface area (Å²) in [4.78, 5) is 15.6. The number of nitrogens with one attached hydrogen (secondary N) is 1. The zero-order chi connectivity index (χ0) is 32.8. The smallest absolute Gasteiger partial charge is 0.232 e. The third-order valence-corrected chi connectivity index (χ3v) is 10.7. The molecule has 2 aliphatic rings. The van der Waals surface area contributed by atoms with Gasteiger partial charge in [0.05, 0.1) is 22.8 Å². The number of aromatic hydroxyl groups is 1. The van der Waals surface area contributed by atoms with E-state index in [0.717, 1.165) is 17.2 Å². The third-order valence-electron chi connectivity index (χ3n) is 8.36. The summed E-state index contributed by atoms with van der Waals surface area (Å²) in [6, 6.07) is 20.5. The van der Waals surface area contributed by atoms with E-state index in [4.69, 9.17) is 4.74 Å². The number of hydrogen-bond acceptors (Lipinski definition) is 6. The maximum absolute atomic E-state index is 16.3. The quantitative estimate of drug-likeness (QED) is 0.213. The number of aryl methyl sites for hydroxylation is 1. The van der Waals surface area contributed by atoms with Crippen LogP contribution in [0.25, 0.3) is 0 Å². The molecule has 0 spiro atoms. The van der Waals surface area contributed by atoms with Crippen LogP contribution >= 0.6 is 0 Å². The Kier molecular flexibility index (Phi) is 8.10. The van der Waals surface area contributed by atoms with Gasteiger partial charge in [-0.2, -0.15) is 0 Å². The summed E-state index contributed by atoms with van der Waals surface area (Å²) in [6.45, 7) is 5.51. The van der Waals surface area contributed by atoms with Gasteiger partial charge < -0.3 is 15.2 Å². The molecule has 2 aliphatic heterocycles. The van der Waals surface area contributed by atoms with E-state index < -0.39 is 38.8 Å². The Morgan fingerprint density at radius 1 is 1.02 bits per heavy atom. The number of benzene rings is 4. The average Bonchev–Trinajstić information content (AvgIpc) is 3.12. The molecule has 1 amide bonds. The van der Waals surface area contributed by atoms with E-state index in [1.165, 1.54) is 35.2 Å². The lowest BCUT2D eigenvalue weighted by Crippen LogP contribution is -2.42. The summed E-state index contributed by atoms with van der Waals surface area (Å²) in [5.74, 6) is -1.93. The fraction of sp³-hybridized carbons (Fsp3) is 0.250. The third kappa shape index (κ3) is 6.09. The molecule has 0 radical (unpaired) electrons. The van der Waals surface area contributed by atoms with Gasteiger partial charge in [-0.3, -0.25) is 9.69 Å². The average molecular weight is 645 g/mol. The molecule has 1 unspecified atom stereocenters. The molecular weight excluding hydrogens is 610 g/mol. The van der Waals surface area contributed by atoms with E-state index in [1.54, 1.807) is 24.3 Å². The Morgan fingerprint density at radius 3 is 2.52 bits per heavy atom. The molecule has 1 atom stereocenters. The van der Waals surface area contributed by atoms with Crippen molar-refractivity contribution in [3.8, 4) is 11.5 Å². The van der Waals surface area contributed by atoms with Crippen LogP contribution in [0.2, 0.25) is 0 Å². The molecule has 0 saturated heterocycles. The molecule has 7 nitrogen and oxygen atoms in total. The van der Waals surface area contributed by atoms with E-state index in [2.05, 4.69) is 5.32 Å². The summed E-state index contributed by atoms with van der Waals surface area (Å²) in [6.07, 6.45) is 0.185. The van der Waals surface area contributed by atoms with Crippen molar-refractivity contribution in [1.29, 1.82) is 0 Å². The summed E-state index contributed by atoms with van der Waals surface area (Å²) in [7, 11) is -4.06. The second-order valence-electron chi connectivity index (χ2n) is 12.6. The van der Waals surface area contributed by atoms with Crippen molar-refractivity contribution < 1.29 is 31.8 Å². The van der Waals surface area contributed by atoms with Crippen LogP contribution in [0.15, 0.2) is 95.5 Å². The molecule has 0 aromatic heterocycles. The highest BCUT2D eigenvalue weighted by Gasteiger charge is 2.47. The van der Waals surface area contributed by atoms with Crippen molar-refractivity contribution in [1.82, 2.24) is 0 Å².